The van der Waals surface area contributed by atoms with Gasteiger partial charge in [0, 0.05) is 27.4 Å². The summed E-state index contributed by atoms with van der Waals surface area (Å²) in [6, 6.07) is 20.6. The number of carbonyl (C=O) groups excluding carboxylic acids is 2. The smallest absolute Gasteiger partial charge is 0.293 e. The molecule has 1 aliphatic rings. The van der Waals surface area contributed by atoms with E-state index < -0.39 is 17.0 Å². The molecule has 1 aromatic heterocycles. The van der Waals surface area contributed by atoms with Crippen LogP contribution in [-0.4, -0.2) is 20.6 Å². The van der Waals surface area contributed by atoms with E-state index in [0.717, 1.165) is 50.1 Å². The zero-order chi connectivity index (χ0) is 24.0. The second-order valence-electron chi connectivity index (χ2n) is 8.13. The van der Waals surface area contributed by atoms with Gasteiger partial charge in [-0.25, -0.2) is 4.39 Å². The summed E-state index contributed by atoms with van der Waals surface area (Å²) in [6.45, 7) is 3.80. The Balaban J connectivity index is 1.50. The maximum atomic E-state index is 14.2. The van der Waals surface area contributed by atoms with E-state index in [0.29, 0.717) is 4.91 Å². The average Bonchev–Trinajstić information content (AvgIpc) is 3.24. The molecule has 3 aromatic carbocycles. The van der Waals surface area contributed by atoms with E-state index in [1.54, 1.807) is 6.08 Å². The fraction of sp³-hybridized carbons (Fsp3) is 0.111. The standard InChI is InChI=1S/C27H20ClFN2O2S/c1-16-13-19(17(2)31(16)24-12-5-8-18-7-3-4-9-20(18)24)14-25-26(32)30(27(33)34-25)15-21-22(28)10-6-11-23(21)29/h3-14H,15H2,1-2H3/b25-14-. The van der Waals surface area contributed by atoms with E-state index in [1.165, 1.54) is 18.2 Å². The fourth-order valence-corrected chi connectivity index (χ4v) is 5.38. The molecule has 34 heavy (non-hydrogen) atoms. The first kappa shape index (κ1) is 22.4. The molecule has 7 heteroatoms. The van der Waals surface area contributed by atoms with Crippen molar-refractivity contribution < 1.29 is 14.0 Å². The molecule has 0 N–H and O–H groups in total. The van der Waals surface area contributed by atoms with Crippen LogP contribution in [-0.2, 0) is 11.3 Å². The fourth-order valence-electron chi connectivity index (χ4n) is 4.33. The SMILES string of the molecule is Cc1cc(/C=C2\SC(=O)N(Cc3c(F)cccc3Cl)C2=O)c(C)n1-c1cccc2ccccc12. The first-order valence-corrected chi connectivity index (χ1v) is 11.9. The monoisotopic (exact) mass is 490 g/mol. The number of imide groups is 1. The van der Waals surface area contributed by atoms with Crippen LogP contribution < -0.4 is 0 Å². The molecule has 0 spiro atoms. The summed E-state index contributed by atoms with van der Waals surface area (Å²) in [6.07, 6.45) is 1.73. The molecule has 0 bridgehead atoms. The summed E-state index contributed by atoms with van der Waals surface area (Å²) >= 11 is 6.95. The number of halogens is 2. The topological polar surface area (TPSA) is 42.3 Å². The summed E-state index contributed by atoms with van der Waals surface area (Å²) in [4.78, 5) is 27.0. The predicted molar refractivity (Wildman–Crippen MR) is 136 cm³/mol. The van der Waals surface area contributed by atoms with E-state index in [-0.39, 0.29) is 17.1 Å². The van der Waals surface area contributed by atoms with Gasteiger partial charge in [-0.05, 0) is 66.9 Å². The molecule has 5 rings (SSSR count). The average molecular weight is 491 g/mol. The molecule has 0 aliphatic carbocycles. The van der Waals surface area contributed by atoms with Crippen LogP contribution in [0.2, 0.25) is 5.02 Å². The van der Waals surface area contributed by atoms with Gasteiger partial charge in [-0.1, -0.05) is 54.1 Å². The van der Waals surface area contributed by atoms with Crippen LogP contribution >= 0.6 is 23.4 Å². The summed E-state index contributed by atoms with van der Waals surface area (Å²) in [5, 5.41) is 2.00. The van der Waals surface area contributed by atoms with Gasteiger partial charge in [0.25, 0.3) is 11.1 Å². The van der Waals surface area contributed by atoms with Crippen molar-refractivity contribution in [1.82, 2.24) is 9.47 Å². The normalized spacial score (nSPS) is 15.2. The van der Waals surface area contributed by atoms with Crippen molar-refractivity contribution in [3.63, 3.8) is 0 Å². The van der Waals surface area contributed by atoms with Gasteiger partial charge in [-0.3, -0.25) is 14.5 Å². The third-order valence-corrected chi connectivity index (χ3v) is 7.28. The van der Waals surface area contributed by atoms with Crippen LogP contribution in [0.15, 0.2) is 71.6 Å². The zero-order valence-corrected chi connectivity index (χ0v) is 20.1. The Hall–Kier alpha value is -3.35. The van der Waals surface area contributed by atoms with Gasteiger partial charge in [-0.2, -0.15) is 0 Å². The van der Waals surface area contributed by atoms with E-state index in [2.05, 4.69) is 28.8 Å². The molecular weight excluding hydrogens is 471 g/mol. The Labute approximate surface area is 205 Å². The molecule has 0 saturated carbocycles. The summed E-state index contributed by atoms with van der Waals surface area (Å²) in [7, 11) is 0. The lowest BCUT2D eigenvalue weighted by molar-refractivity contribution is -0.123. The Kier molecular flexibility index (Phi) is 5.80. The molecule has 2 amide bonds. The highest BCUT2D eigenvalue weighted by Gasteiger charge is 2.36. The molecule has 0 radical (unpaired) electrons. The van der Waals surface area contributed by atoms with E-state index in [1.807, 2.05) is 38.1 Å². The van der Waals surface area contributed by atoms with E-state index in [9.17, 15) is 14.0 Å². The molecule has 4 nitrogen and oxygen atoms in total. The first-order valence-electron chi connectivity index (χ1n) is 10.7. The number of aryl methyl sites for hydroxylation is 1. The number of hydrogen-bond acceptors (Lipinski definition) is 3. The predicted octanol–water partition coefficient (Wildman–Crippen LogP) is 7.28. The van der Waals surface area contributed by atoms with Crippen LogP contribution in [0.1, 0.15) is 22.5 Å². The molecule has 1 aliphatic heterocycles. The maximum absolute atomic E-state index is 14.2. The second kappa shape index (κ2) is 8.78. The highest BCUT2D eigenvalue weighted by Crippen LogP contribution is 2.36. The molecule has 0 atom stereocenters. The molecule has 170 valence electrons. The van der Waals surface area contributed by atoms with Crippen molar-refractivity contribution in [1.29, 1.82) is 0 Å². The van der Waals surface area contributed by atoms with Crippen molar-refractivity contribution in [3.8, 4) is 5.69 Å². The van der Waals surface area contributed by atoms with Crippen molar-refractivity contribution in [3.05, 3.63) is 105 Å². The minimum Gasteiger partial charge on any atom is -0.317 e. The molecule has 1 fully saturated rings. The highest BCUT2D eigenvalue weighted by atomic mass is 35.5. The second-order valence-corrected chi connectivity index (χ2v) is 9.53. The van der Waals surface area contributed by atoms with Crippen molar-refractivity contribution in [2.75, 3.05) is 0 Å². The van der Waals surface area contributed by atoms with Crippen molar-refractivity contribution >= 4 is 51.4 Å². The van der Waals surface area contributed by atoms with Crippen LogP contribution in [0, 0.1) is 19.7 Å². The zero-order valence-electron chi connectivity index (χ0n) is 18.5. The molecule has 0 unspecified atom stereocenters. The van der Waals surface area contributed by atoms with Gasteiger partial charge in [0.1, 0.15) is 5.82 Å². The number of fused-ring (bicyclic) bond motifs is 1. The first-order chi connectivity index (χ1) is 16.3. The maximum Gasteiger partial charge on any atom is 0.293 e. The quantitative estimate of drug-likeness (QED) is 0.282. The summed E-state index contributed by atoms with van der Waals surface area (Å²) in [5.41, 5.74) is 3.99. The molecule has 4 aromatic rings. The third-order valence-electron chi connectivity index (χ3n) is 6.02. The molecule has 1 saturated heterocycles. The Bertz CT molecular complexity index is 1480. The number of benzene rings is 3. The van der Waals surface area contributed by atoms with Gasteiger partial charge in [-0.15, -0.1) is 0 Å². The number of aromatic nitrogens is 1. The number of amides is 2. The van der Waals surface area contributed by atoms with E-state index >= 15 is 0 Å². The van der Waals surface area contributed by atoms with Crippen molar-refractivity contribution in [2.24, 2.45) is 0 Å². The lowest BCUT2D eigenvalue weighted by atomic mass is 10.1. The van der Waals surface area contributed by atoms with Crippen LogP contribution in [0.25, 0.3) is 22.5 Å². The highest BCUT2D eigenvalue weighted by molar-refractivity contribution is 8.18. The van der Waals surface area contributed by atoms with Crippen LogP contribution in [0.5, 0.6) is 0 Å². The van der Waals surface area contributed by atoms with Gasteiger partial charge in [0.05, 0.1) is 17.1 Å². The summed E-state index contributed by atoms with van der Waals surface area (Å²) in [5.74, 6) is -1.00. The minimum absolute atomic E-state index is 0.127. The Morgan fingerprint density at radius 2 is 1.74 bits per heavy atom. The number of rotatable bonds is 4. The van der Waals surface area contributed by atoms with Crippen LogP contribution in [0.3, 0.4) is 0 Å². The van der Waals surface area contributed by atoms with Gasteiger partial charge in [0.2, 0.25) is 0 Å². The Morgan fingerprint density at radius 1 is 1.00 bits per heavy atom. The number of carbonyl (C=O) groups is 2. The lowest BCUT2D eigenvalue weighted by Crippen LogP contribution is -2.28. The third kappa shape index (κ3) is 3.83. The number of nitrogens with zero attached hydrogens (tertiary/aromatic N) is 2. The van der Waals surface area contributed by atoms with Crippen molar-refractivity contribution in [2.45, 2.75) is 20.4 Å². The number of thioether (sulfide) groups is 1. The largest absolute Gasteiger partial charge is 0.317 e. The molecular formula is C27H20ClFN2O2S. The van der Waals surface area contributed by atoms with Crippen LogP contribution in [0.4, 0.5) is 9.18 Å². The minimum atomic E-state index is -0.547. The Morgan fingerprint density at radius 3 is 2.53 bits per heavy atom. The van der Waals surface area contributed by atoms with Gasteiger partial charge < -0.3 is 4.57 Å². The van der Waals surface area contributed by atoms with E-state index in [4.69, 9.17) is 11.6 Å². The summed E-state index contributed by atoms with van der Waals surface area (Å²) < 4.78 is 16.4. The molecule has 2 heterocycles. The number of hydrogen-bond donors (Lipinski definition) is 0. The van der Waals surface area contributed by atoms with Gasteiger partial charge >= 0.3 is 0 Å². The van der Waals surface area contributed by atoms with Gasteiger partial charge in [0.15, 0.2) is 0 Å². The lowest BCUT2D eigenvalue weighted by Gasteiger charge is -2.14.